The molecule has 1 unspecified atom stereocenters. The average molecular weight is 428 g/mol. The highest BCUT2D eigenvalue weighted by molar-refractivity contribution is 5.92. The van der Waals surface area contributed by atoms with Crippen LogP contribution in [0.5, 0.6) is 11.5 Å². The summed E-state index contributed by atoms with van der Waals surface area (Å²) < 4.78 is 22.9. The zero-order chi connectivity index (χ0) is 22.5. The van der Waals surface area contributed by atoms with E-state index in [1.54, 1.807) is 43.1 Å². The molecular weight excluding hydrogens is 400 g/mol. The van der Waals surface area contributed by atoms with Gasteiger partial charge in [0.1, 0.15) is 17.1 Å². The number of nitrogens with zero attached hydrogens (tertiary/aromatic N) is 1. The predicted molar refractivity (Wildman–Crippen MR) is 115 cm³/mol. The molecule has 2 N–H and O–H groups in total. The molecule has 0 saturated carbocycles. The van der Waals surface area contributed by atoms with Gasteiger partial charge in [-0.2, -0.15) is 0 Å². The fourth-order valence-corrected chi connectivity index (χ4v) is 3.85. The molecule has 0 saturated heterocycles. The van der Waals surface area contributed by atoms with Crippen molar-refractivity contribution in [2.24, 2.45) is 5.73 Å². The zero-order valence-electron chi connectivity index (χ0n) is 18.3. The van der Waals surface area contributed by atoms with Crippen LogP contribution in [0.15, 0.2) is 46.6 Å². The highest BCUT2D eigenvalue weighted by atomic mass is 16.5. The Morgan fingerprint density at radius 2 is 1.90 bits per heavy atom. The highest BCUT2D eigenvalue weighted by Gasteiger charge is 2.38. The molecule has 1 aromatic carbocycles. The predicted octanol–water partition coefficient (Wildman–Crippen LogP) is 2.32. The van der Waals surface area contributed by atoms with E-state index in [-0.39, 0.29) is 17.0 Å². The number of carbonyl (C=O) groups is 1. The number of aromatic nitrogens is 1. The largest absolute Gasteiger partial charge is 0.497 e. The van der Waals surface area contributed by atoms with E-state index in [9.17, 15) is 9.59 Å². The van der Waals surface area contributed by atoms with E-state index in [2.05, 4.69) is 0 Å². The molecule has 3 rings (SSSR count). The number of benzene rings is 1. The second-order valence-corrected chi connectivity index (χ2v) is 7.19. The first kappa shape index (κ1) is 22.4. The van der Waals surface area contributed by atoms with Gasteiger partial charge in [0.2, 0.25) is 5.88 Å². The Morgan fingerprint density at radius 3 is 2.48 bits per heavy atom. The van der Waals surface area contributed by atoms with E-state index in [0.29, 0.717) is 42.2 Å². The van der Waals surface area contributed by atoms with Crippen LogP contribution in [0, 0.1) is 0 Å². The van der Waals surface area contributed by atoms with Gasteiger partial charge in [-0.1, -0.05) is 25.5 Å². The monoisotopic (exact) mass is 428 g/mol. The van der Waals surface area contributed by atoms with Crippen molar-refractivity contribution in [1.29, 1.82) is 0 Å². The third kappa shape index (κ3) is 4.29. The number of nitrogens with two attached hydrogens (primary N) is 1. The quantitative estimate of drug-likeness (QED) is 0.644. The van der Waals surface area contributed by atoms with E-state index in [1.165, 1.54) is 7.11 Å². The third-order valence-electron chi connectivity index (χ3n) is 5.33. The first-order valence-electron chi connectivity index (χ1n) is 10.1. The Balaban J connectivity index is 2.28. The molecule has 1 atom stereocenters. The van der Waals surface area contributed by atoms with Crippen LogP contribution >= 0.6 is 0 Å². The lowest BCUT2D eigenvalue weighted by Crippen LogP contribution is -2.36. The van der Waals surface area contributed by atoms with Crippen molar-refractivity contribution in [2.45, 2.75) is 32.2 Å². The van der Waals surface area contributed by atoms with Gasteiger partial charge in [-0.05, 0) is 24.1 Å². The molecule has 0 amide bonds. The van der Waals surface area contributed by atoms with E-state index in [1.807, 2.05) is 13.0 Å². The standard InChI is InChI=1S/C23H28N2O6/c1-5-6-15-13-17-19(22(26)25(15)11-12-28-2)18(14-7-9-16(29-3)10-8-14)20(21(24)31-17)23(27)30-4/h7-10,13,18H,5-6,11-12,24H2,1-4H3. The molecule has 2 heterocycles. The van der Waals surface area contributed by atoms with Gasteiger partial charge in [0, 0.05) is 25.4 Å². The Morgan fingerprint density at radius 1 is 1.19 bits per heavy atom. The normalized spacial score (nSPS) is 15.3. The van der Waals surface area contributed by atoms with E-state index in [4.69, 9.17) is 24.7 Å². The lowest BCUT2D eigenvalue weighted by molar-refractivity contribution is -0.136. The molecule has 8 heteroatoms. The molecule has 1 aliphatic heterocycles. The number of ether oxygens (including phenoxy) is 4. The number of pyridine rings is 1. The topological polar surface area (TPSA) is 102 Å². The summed E-state index contributed by atoms with van der Waals surface area (Å²) in [5, 5.41) is 0. The molecule has 1 aliphatic rings. The molecule has 0 spiro atoms. The van der Waals surface area contributed by atoms with Crippen LogP contribution in [0.2, 0.25) is 0 Å². The van der Waals surface area contributed by atoms with Gasteiger partial charge < -0.3 is 29.2 Å². The SMILES string of the molecule is CCCc1cc2c(c(=O)n1CCOC)C(c1ccc(OC)cc1)C(C(=O)OC)=C(N)O2. The molecular formula is C23H28N2O6. The van der Waals surface area contributed by atoms with Crippen LogP contribution < -0.4 is 20.8 Å². The van der Waals surface area contributed by atoms with Gasteiger partial charge in [0.05, 0.1) is 32.3 Å². The van der Waals surface area contributed by atoms with Crippen LogP contribution in [0.4, 0.5) is 0 Å². The second kappa shape index (κ2) is 9.70. The Bertz CT molecular complexity index is 1040. The summed E-state index contributed by atoms with van der Waals surface area (Å²) in [5.41, 5.74) is 7.87. The summed E-state index contributed by atoms with van der Waals surface area (Å²) in [5.74, 6) is -0.448. The molecule has 31 heavy (non-hydrogen) atoms. The molecule has 0 fully saturated rings. The molecule has 8 nitrogen and oxygen atoms in total. The lowest BCUT2D eigenvalue weighted by atomic mass is 9.83. The van der Waals surface area contributed by atoms with Crippen LogP contribution in [0.25, 0.3) is 0 Å². The summed E-state index contributed by atoms with van der Waals surface area (Å²) in [6.45, 7) is 2.81. The van der Waals surface area contributed by atoms with E-state index < -0.39 is 11.9 Å². The Labute approximate surface area is 181 Å². The minimum atomic E-state index is -0.737. The third-order valence-corrected chi connectivity index (χ3v) is 5.33. The number of hydrogen-bond acceptors (Lipinski definition) is 7. The van der Waals surface area contributed by atoms with Gasteiger partial charge in [0.25, 0.3) is 5.56 Å². The van der Waals surface area contributed by atoms with Crippen LogP contribution in [0.1, 0.15) is 36.1 Å². The number of fused-ring (bicyclic) bond motifs is 1. The van der Waals surface area contributed by atoms with Crippen molar-refractivity contribution >= 4 is 5.97 Å². The van der Waals surface area contributed by atoms with E-state index >= 15 is 0 Å². The number of hydrogen-bond donors (Lipinski definition) is 1. The Hall–Kier alpha value is -3.26. The summed E-state index contributed by atoms with van der Waals surface area (Å²) in [4.78, 5) is 26.3. The van der Waals surface area contributed by atoms with Gasteiger partial charge in [-0.15, -0.1) is 0 Å². The molecule has 166 valence electrons. The highest BCUT2D eigenvalue weighted by Crippen LogP contribution is 2.41. The molecule has 1 aromatic heterocycles. The minimum Gasteiger partial charge on any atom is -0.497 e. The number of carbonyl (C=O) groups excluding carboxylic acids is 1. The van der Waals surface area contributed by atoms with Crippen molar-refractivity contribution in [3.05, 3.63) is 69.0 Å². The van der Waals surface area contributed by atoms with E-state index in [0.717, 1.165) is 12.1 Å². The minimum absolute atomic E-state index is 0.0725. The second-order valence-electron chi connectivity index (χ2n) is 7.19. The maximum absolute atomic E-state index is 13.7. The first-order chi connectivity index (χ1) is 15.0. The molecule has 2 aromatic rings. The van der Waals surface area contributed by atoms with Crippen LogP contribution in [0.3, 0.4) is 0 Å². The maximum atomic E-state index is 13.7. The van der Waals surface area contributed by atoms with Crippen molar-refractivity contribution in [3.63, 3.8) is 0 Å². The summed E-state index contributed by atoms with van der Waals surface area (Å²) in [6.07, 6.45) is 1.54. The first-order valence-corrected chi connectivity index (χ1v) is 10.1. The summed E-state index contributed by atoms with van der Waals surface area (Å²) in [6, 6.07) is 8.96. The maximum Gasteiger partial charge on any atom is 0.340 e. The average Bonchev–Trinajstić information content (AvgIpc) is 2.77. The van der Waals surface area contributed by atoms with Crippen LogP contribution in [-0.4, -0.2) is 38.5 Å². The smallest absolute Gasteiger partial charge is 0.340 e. The zero-order valence-corrected chi connectivity index (χ0v) is 18.3. The van der Waals surface area contributed by atoms with Gasteiger partial charge in [-0.3, -0.25) is 4.79 Å². The lowest BCUT2D eigenvalue weighted by Gasteiger charge is -2.29. The van der Waals surface area contributed by atoms with Crippen LogP contribution in [-0.2, 0) is 27.2 Å². The number of esters is 1. The van der Waals surface area contributed by atoms with Crippen molar-refractivity contribution in [2.75, 3.05) is 27.9 Å². The molecule has 0 bridgehead atoms. The Kier molecular flexibility index (Phi) is 7.02. The van der Waals surface area contributed by atoms with Crippen molar-refractivity contribution in [1.82, 2.24) is 4.57 Å². The number of rotatable bonds is 8. The fraction of sp³-hybridized carbons (Fsp3) is 0.391. The number of aryl methyl sites for hydroxylation is 1. The molecule has 0 aliphatic carbocycles. The fourth-order valence-electron chi connectivity index (χ4n) is 3.85. The van der Waals surface area contributed by atoms with Gasteiger partial charge >= 0.3 is 5.97 Å². The molecule has 0 radical (unpaired) electrons. The number of methoxy groups -OCH3 is 3. The van der Waals surface area contributed by atoms with Crippen molar-refractivity contribution < 1.29 is 23.7 Å². The summed E-state index contributed by atoms with van der Waals surface area (Å²) >= 11 is 0. The van der Waals surface area contributed by atoms with Gasteiger partial charge in [-0.25, -0.2) is 4.79 Å². The summed E-state index contributed by atoms with van der Waals surface area (Å²) in [7, 11) is 4.43. The van der Waals surface area contributed by atoms with Crippen molar-refractivity contribution in [3.8, 4) is 11.5 Å². The van der Waals surface area contributed by atoms with Gasteiger partial charge in [0.15, 0.2) is 0 Å².